The molecule has 0 saturated heterocycles. The van der Waals surface area contributed by atoms with E-state index in [4.69, 9.17) is 5.73 Å². The summed E-state index contributed by atoms with van der Waals surface area (Å²) in [6.07, 6.45) is 4.03. The summed E-state index contributed by atoms with van der Waals surface area (Å²) in [7, 11) is 0. The quantitative estimate of drug-likeness (QED) is 0.798. The van der Waals surface area contributed by atoms with Crippen LogP contribution in [0.5, 0.6) is 0 Å². The molecule has 0 aliphatic heterocycles. The molecule has 84 valence electrons. The minimum absolute atomic E-state index is 0.0453. The maximum Gasteiger partial charge on any atom is 0.149 e. The van der Waals surface area contributed by atoms with Gasteiger partial charge in [-0.25, -0.2) is 4.98 Å². The Bertz CT molecular complexity index is 332. The van der Waals surface area contributed by atoms with Crippen LogP contribution in [-0.4, -0.2) is 10.5 Å². The van der Waals surface area contributed by atoms with Crippen LogP contribution in [0.2, 0.25) is 0 Å². The van der Waals surface area contributed by atoms with Crippen molar-refractivity contribution in [1.29, 1.82) is 0 Å². The van der Waals surface area contributed by atoms with E-state index in [9.17, 15) is 0 Å². The number of aryl methyl sites for hydroxylation is 1. The first-order valence-corrected chi connectivity index (χ1v) is 5.45. The summed E-state index contributed by atoms with van der Waals surface area (Å²) in [5, 5.41) is 3.39. The summed E-state index contributed by atoms with van der Waals surface area (Å²) >= 11 is 0. The highest BCUT2D eigenvalue weighted by molar-refractivity contribution is 5.65. The lowest BCUT2D eigenvalue weighted by Gasteiger charge is -2.27. The lowest BCUT2D eigenvalue weighted by atomic mass is 9.99. The fraction of sp³-hybridized carbons (Fsp3) is 0.583. The van der Waals surface area contributed by atoms with Crippen molar-refractivity contribution >= 4 is 11.5 Å². The second kappa shape index (κ2) is 4.51. The van der Waals surface area contributed by atoms with Gasteiger partial charge in [-0.05, 0) is 38.8 Å². The van der Waals surface area contributed by atoms with Crippen molar-refractivity contribution in [2.45, 2.75) is 46.1 Å². The van der Waals surface area contributed by atoms with Gasteiger partial charge in [0.15, 0.2) is 0 Å². The molecule has 0 amide bonds. The molecule has 3 N–H and O–H groups in total. The van der Waals surface area contributed by atoms with Crippen LogP contribution in [-0.2, 0) is 0 Å². The van der Waals surface area contributed by atoms with E-state index < -0.39 is 0 Å². The highest BCUT2D eigenvalue weighted by Crippen LogP contribution is 2.24. The Morgan fingerprint density at radius 3 is 2.73 bits per heavy atom. The third kappa shape index (κ3) is 3.11. The van der Waals surface area contributed by atoms with E-state index in [2.05, 4.69) is 31.1 Å². The molecule has 1 aromatic rings. The first-order valence-electron chi connectivity index (χ1n) is 5.45. The van der Waals surface area contributed by atoms with Gasteiger partial charge in [0.25, 0.3) is 0 Å². The minimum Gasteiger partial charge on any atom is -0.396 e. The summed E-state index contributed by atoms with van der Waals surface area (Å²) in [6, 6.07) is 1.92. The standard InChI is InChI=1S/C12H21N3/c1-5-7-12(3,4)15-11-10(13)9(2)6-8-14-11/h6,8H,5,7,13H2,1-4H3,(H,14,15). The molecule has 1 rings (SSSR count). The molecule has 0 aliphatic rings. The zero-order valence-electron chi connectivity index (χ0n) is 10.1. The Morgan fingerprint density at radius 2 is 2.13 bits per heavy atom. The van der Waals surface area contributed by atoms with Gasteiger partial charge in [0, 0.05) is 11.7 Å². The number of anilines is 2. The Morgan fingerprint density at radius 1 is 1.47 bits per heavy atom. The first-order chi connectivity index (χ1) is 6.96. The molecular formula is C12H21N3. The molecule has 15 heavy (non-hydrogen) atoms. The molecule has 0 aliphatic carbocycles. The Kier molecular flexibility index (Phi) is 3.56. The van der Waals surface area contributed by atoms with Gasteiger partial charge < -0.3 is 11.1 Å². The zero-order valence-corrected chi connectivity index (χ0v) is 10.1. The van der Waals surface area contributed by atoms with Crippen LogP contribution >= 0.6 is 0 Å². The molecule has 1 aromatic heterocycles. The number of nitrogens with two attached hydrogens (primary N) is 1. The molecular weight excluding hydrogens is 186 g/mol. The van der Waals surface area contributed by atoms with E-state index in [0.717, 1.165) is 29.9 Å². The number of nitrogens with zero attached hydrogens (tertiary/aromatic N) is 1. The lowest BCUT2D eigenvalue weighted by Crippen LogP contribution is -2.31. The number of pyridine rings is 1. The SMILES string of the molecule is CCCC(C)(C)Nc1nccc(C)c1N. The summed E-state index contributed by atoms with van der Waals surface area (Å²) in [5.41, 5.74) is 7.83. The van der Waals surface area contributed by atoms with E-state index in [1.54, 1.807) is 6.20 Å². The summed E-state index contributed by atoms with van der Waals surface area (Å²) in [5.74, 6) is 0.799. The van der Waals surface area contributed by atoms with Crippen LogP contribution in [0.4, 0.5) is 11.5 Å². The highest BCUT2D eigenvalue weighted by Gasteiger charge is 2.18. The normalized spacial score (nSPS) is 11.5. The maximum atomic E-state index is 5.96. The molecule has 0 fully saturated rings. The van der Waals surface area contributed by atoms with Crippen molar-refractivity contribution < 1.29 is 0 Å². The van der Waals surface area contributed by atoms with Crippen LogP contribution in [0.1, 0.15) is 39.2 Å². The van der Waals surface area contributed by atoms with Gasteiger partial charge in [-0.1, -0.05) is 13.3 Å². The van der Waals surface area contributed by atoms with Gasteiger partial charge in [0.1, 0.15) is 5.82 Å². The first kappa shape index (κ1) is 11.8. The molecule has 0 bridgehead atoms. The Labute approximate surface area is 92.1 Å². The molecule has 1 heterocycles. The average Bonchev–Trinajstić information content (AvgIpc) is 2.12. The molecule has 3 heteroatoms. The molecule has 0 radical (unpaired) electrons. The summed E-state index contributed by atoms with van der Waals surface area (Å²) in [4.78, 5) is 4.27. The molecule has 0 saturated carbocycles. The second-order valence-electron chi connectivity index (χ2n) is 4.65. The lowest BCUT2D eigenvalue weighted by molar-refractivity contribution is 0.509. The predicted molar refractivity (Wildman–Crippen MR) is 66.0 cm³/mol. The predicted octanol–water partition coefficient (Wildman–Crippen LogP) is 2.96. The Balaban J connectivity index is 2.85. The number of aromatic nitrogens is 1. The van der Waals surface area contributed by atoms with Crippen molar-refractivity contribution in [1.82, 2.24) is 4.98 Å². The van der Waals surface area contributed by atoms with E-state index in [1.807, 2.05) is 13.0 Å². The van der Waals surface area contributed by atoms with Gasteiger partial charge in [-0.15, -0.1) is 0 Å². The van der Waals surface area contributed by atoms with Crippen LogP contribution in [0.3, 0.4) is 0 Å². The van der Waals surface area contributed by atoms with E-state index in [0.29, 0.717) is 0 Å². The minimum atomic E-state index is 0.0453. The van der Waals surface area contributed by atoms with Crippen LogP contribution in [0, 0.1) is 6.92 Å². The third-order valence-electron chi connectivity index (χ3n) is 2.54. The number of nitrogens with one attached hydrogen (secondary N) is 1. The van der Waals surface area contributed by atoms with Gasteiger partial charge >= 0.3 is 0 Å². The van der Waals surface area contributed by atoms with E-state index in [-0.39, 0.29) is 5.54 Å². The number of hydrogen-bond donors (Lipinski definition) is 2. The molecule has 0 unspecified atom stereocenters. The smallest absolute Gasteiger partial charge is 0.149 e. The second-order valence-corrected chi connectivity index (χ2v) is 4.65. The van der Waals surface area contributed by atoms with Gasteiger partial charge in [-0.3, -0.25) is 0 Å². The summed E-state index contributed by atoms with van der Waals surface area (Å²) in [6.45, 7) is 8.51. The molecule has 0 spiro atoms. The molecule has 0 atom stereocenters. The van der Waals surface area contributed by atoms with Gasteiger partial charge in [0.05, 0.1) is 5.69 Å². The van der Waals surface area contributed by atoms with E-state index in [1.165, 1.54) is 0 Å². The van der Waals surface area contributed by atoms with Crippen LogP contribution in [0.25, 0.3) is 0 Å². The highest BCUT2D eigenvalue weighted by atomic mass is 15.1. The number of hydrogen-bond acceptors (Lipinski definition) is 3. The Hall–Kier alpha value is -1.25. The van der Waals surface area contributed by atoms with Crippen molar-refractivity contribution in [2.75, 3.05) is 11.1 Å². The van der Waals surface area contributed by atoms with Crippen molar-refractivity contribution in [3.8, 4) is 0 Å². The largest absolute Gasteiger partial charge is 0.396 e. The number of rotatable bonds is 4. The molecule has 3 nitrogen and oxygen atoms in total. The van der Waals surface area contributed by atoms with E-state index >= 15 is 0 Å². The van der Waals surface area contributed by atoms with Crippen LogP contribution in [0.15, 0.2) is 12.3 Å². The summed E-state index contributed by atoms with van der Waals surface area (Å²) < 4.78 is 0. The third-order valence-corrected chi connectivity index (χ3v) is 2.54. The van der Waals surface area contributed by atoms with Gasteiger partial charge in [0.2, 0.25) is 0 Å². The van der Waals surface area contributed by atoms with Crippen molar-refractivity contribution in [3.05, 3.63) is 17.8 Å². The van der Waals surface area contributed by atoms with Gasteiger partial charge in [-0.2, -0.15) is 0 Å². The fourth-order valence-corrected chi connectivity index (χ4v) is 1.68. The maximum absolute atomic E-state index is 5.96. The topological polar surface area (TPSA) is 50.9 Å². The molecule has 0 aromatic carbocycles. The van der Waals surface area contributed by atoms with Crippen molar-refractivity contribution in [3.63, 3.8) is 0 Å². The average molecular weight is 207 g/mol. The monoisotopic (exact) mass is 207 g/mol. The number of nitrogen functional groups attached to an aromatic ring is 1. The zero-order chi connectivity index (χ0) is 11.5. The van der Waals surface area contributed by atoms with Crippen LogP contribution < -0.4 is 11.1 Å². The van der Waals surface area contributed by atoms with Crippen molar-refractivity contribution in [2.24, 2.45) is 0 Å². The fourth-order valence-electron chi connectivity index (χ4n) is 1.68.